The zero-order valence-corrected chi connectivity index (χ0v) is 11.6. The van der Waals surface area contributed by atoms with Crippen LogP contribution < -0.4 is 0 Å². The third-order valence-corrected chi connectivity index (χ3v) is 3.82. The van der Waals surface area contributed by atoms with Crippen LogP contribution in [0, 0.1) is 0 Å². The average Bonchev–Trinajstić information content (AvgIpc) is 2.91. The van der Waals surface area contributed by atoms with Crippen molar-refractivity contribution in [3.05, 3.63) is 30.3 Å². The van der Waals surface area contributed by atoms with Gasteiger partial charge in [-0.3, -0.25) is 4.79 Å². The molecule has 1 aromatic carbocycles. The van der Waals surface area contributed by atoms with Crippen molar-refractivity contribution in [1.82, 2.24) is 14.9 Å². The summed E-state index contributed by atoms with van der Waals surface area (Å²) in [6.07, 6.45) is 0.190. The van der Waals surface area contributed by atoms with Gasteiger partial charge in [0, 0.05) is 11.3 Å². The first-order chi connectivity index (χ1) is 9.78. The van der Waals surface area contributed by atoms with Crippen LogP contribution in [0.25, 0.3) is 11.4 Å². The van der Waals surface area contributed by atoms with Gasteiger partial charge < -0.3 is 4.74 Å². The molecule has 0 amide bonds. The second kappa shape index (κ2) is 5.46. The Labute approximate surface area is 119 Å². The summed E-state index contributed by atoms with van der Waals surface area (Å²) in [7, 11) is 1.37. The molecule has 0 radical (unpaired) electrons. The maximum atomic E-state index is 11.3. The number of esters is 1. The second-order valence-corrected chi connectivity index (χ2v) is 5.13. The topological polar surface area (TPSA) is 69.4 Å². The first-order valence-electron chi connectivity index (χ1n) is 6.05. The van der Waals surface area contributed by atoms with Gasteiger partial charge in [0.2, 0.25) is 5.16 Å². The van der Waals surface area contributed by atoms with Crippen LogP contribution in [-0.2, 0) is 9.53 Å². The van der Waals surface area contributed by atoms with Crippen LogP contribution in [0.4, 0.5) is 0 Å². The van der Waals surface area contributed by atoms with Gasteiger partial charge in [-0.05, 0) is 0 Å². The highest BCUT2D eigenvalue weighted by Gasteiger charge is 2.21. The molecule has 0 N–H and O–H groups in total. The number of carbonyl (C=O) groups is 1. The van der Waals surface area contributed by atoms with Crippen LogP contribution in [-0.4, -0.2) is 39.4 Å². The molecule has 0 saturated carbocycles. The Hall–Kier alpha value is -2.15. The predicted molar refractivity (Wildman–Crippen MR) is 75.6 cm³/mol. The number of fused-ring (bicyclic) bond motifs is 1. The monoisotopic (exact) mass is 288 g/mol. The van der Waals surface area contributed by atoms with Crippen molar-refractivity contribution in [2.45, 2.75) is 11.6 Å². The Balaban J connectivity index is 1.96. The molecule has 2 aromatic rings. The SMILES string of the molecule is COC(=O)CC1=Nn2c(nnc2-c2ccccc2)SC1. The third-order valence-electron chi connectivity index (χ3n) is 2.83. The minimum Gasteiger partial charge on any atom is -0.469 e. The molecule has 3 rings (SSSR count). The third kappa shape index (κ3) is 2.44. The Morgan fingerprint density at radius 1 is 1.35 bits per heavy atom. The minimum absolute atomic E-state index is 0.190. The van der Waals surface area contributed by atoms with E-state index in [0.29, 0.717) is 11.6 Å². The molecule has 0 saturated heterocycles. The van der Waals surface area contributed by atoms with Crippen molar-refractivity contribution in [2.24, 2.45) is 5.10 Å². The predicted octanol–water partition coefficient (Wildman–Crippen LogP) is 1.82. The summed E-state index contributed by atoms with van der Waals surface area (Å²) in [5.41, 5.74) is 1.70. The first-order valence-corrected chi connectivity index (χ1v) is 7.03. The fraction of sp³-hybridized carbons (Fsp3) is 0.231. The first kappa shape index (κ1) is 12.9. The molecule has 0 bridgehead atoms. The summed E-state index contributed by atoms with van der Waals surface area (Å²) in [5, 5.41) is 13.5. The number of rotatable bonds is 3. The summed E-state index contributed by atoms with van der Waals surface area (Å²) < 4.78 is 6.35. The summed E-state index contributed by atoms with van der Waals surface area (Å²) in [6, 6.07) is 9.72. The molecule has 0 spiro atoms. The smallest absolute Gasteiger partial charge is 0.311 e. The molecule has 1 aliphatic heterocycles. The van der Waals surface area contributed by atoms with E-state index < -0.39 is 0 Å². The van der Waals surface area contributed by atoms with E-state index >= 15 is 0 Å². The Bertz CT molecular complexity index is 666. The van der Waals surface area contributed by atoms with Gasteiger partial charge in [0.05, 0.1) is 19.2 Å². The van der Waals surface area contributed by atoms with E-state index in [-0.39, 0.29) is 12.4 Å². The fourth-order valence-corrected chi connectivity index (χ4v) is 2.66. The number of ether oxygens (including phenoxy) is 1. The van der Waals surface area contributed by atoms with E-state index in [0.717, 1.165) is 16.4 Å². The summed E-state index contributed by atoms with van der Waals surface area (Å²) in [4.78, 5) is 11.3. The molecular formula is C13H12N4O2S. The highest BCUT2D eigenvalue weighted by atomic mass is 32.2. The molecule has 0 atom stereocenters. The van der Waals surface area contributed by atoms with E-state index in [1.54, 1.807) is 4.68 Å². The van der Waals surface area contributed by atoms with Gasteiger partial charge in [-0.15, -0.1) is 10.2 Å². The van der Waals surface area contributed by atoms with Gasteiger partial charge in [-0.2, -0.15) is 9.78 Å². The summed E-state index contributed by atoms with van der Waals surface area (Å²) >= 11 is 1.52. The number of carbonyl (C=O) groups excluding carboxylic acids is 1. The molecule has 0 aliphatic carbocycles. The van der Waals surface area contributed by atoms with Crippen LogP contribution in [0.3, 0.4) is 0 Å². The van der Waals surface area contributed by atoms with Crippen molar-refractivity contribution >= 4 is 23.4 Å². The van der Waals surface area contributed by atoms with Crippen molar-refractivity contribution in [2.75, 3.05) is 12.9 Å². The molecule has 0 unspecified atom stereocenters. The molecule has 20 heavy (non-hydrogen) atoms. The number of hydrogen-bond acceptors (Lipinski definition) is 6. The van der Waals surface area contributed by atoms with Crippen LogP contribution in [0.2, 0.25) is 0 Å². The van der Waals surface area contributed by atoms with Crippen molar-refractivity contribution in [3.8, 4) is 11.4 Å². The van der Waals surface area contributed by atoms with Crippen LogP contribution in [0.15, 0.2) is 40.6 Å². The maximum absolute atomic E-state index is 11.3. The quantitative estimate of drug-likeness (QED) is 0.806. The number of thioether (sulfide) groups is 1. The largest absolute Gasteiger partial charge is 0.469 e. The Morgan fingerprint density at radius 2 is 2.15 bits per heavy atom. The highest BCUT2D eigenvalue weighted by molar-refractivity contribution is 7.99. The summed E-state index contributed by atoms with van der Waals surface area (Å²) in [5.74, 6) is 1.01. The van der Waals surface area contributed by atoms with Gasteiger partial charge in [-0.25, -0.2) is 0 Å². The molecule has 7 heteroatoms. The molecule has 2 heterocycles. The Kier molecular flexibility index (Phi) is 3.51. The lowest BCUT2D eigenvalue weighted by molar-refractivity contribution is -0.139. The molecule has 1 aromatic heterocycles. The maximum Gasteiger partial charge on any atom is 0.311 e. The Morgan fingerprint density at radius 3 is 2.90 bits per heavy atom. The lowest BCUT2D eigenvalue weighted by atomic mass is 10.2. The fourth-order valence-electron chi connectivity index (χ4n) is 1.86. The van der Waals surface area contributed by atoms with Gasteiger partial charge >= 0.3 is 5.97 Å². The number of nitrogens with zero attached hydrogens (tertiary/aromatic N) is 4. The molecule has 6 nitrogen and oxygen atoms in total. The number of benzene rings is 1. The van der Waals surface area contributed by atoms with Crippen molar-refractivity contribution < 1.29 is 9.53 Å². The number of hydrogen-bond donors (Lipinski definition) is 0. The minimum atomic E-state index is -0.290. The zero-order chi connectivity index (χ0) is 13.9. The van der Waals surface area contributed by atoms with Gasteiger partial charge in [0.1, 0.15) is 0 Å². The van der Waals surface area contributed by atoms with Crippen molar-refractivity contribution in [1.29, 1.82) is 0 Å². The van der Waals surface area contributed by atoms with Crippen LogP contribution >= 0.6 is 11.8 Å². The van der Waals surface area contributed by atoms with Gasteiger partial charge in [0.15, 0.2) is 5.82 Å². The lowest BCUT2D eigenvalue weighted by Crippen LogP contribution is -2.17. The van der Waals surface area contributed by atoms with E-state index in [9.17, 15) is 4.79 Å². The second-order valence-electron chi connectivity index (χ2n) is 4.19. The standard InChI is InChI=1S/C13H12N4O2S/c1-19-11(18)7-10-8-20-13-15-14-12(17(13)16-10)9-5-3-2-4-6-9/h2-6H,7-8H2,1H3. The van der Waals surface area contributed by atoms with Gasteiger partial charge in [0.25, 0.3) is 0 Å². The number of aromatic nitrogens is 3. The van der Waals surface area contributed by atoms with Crippen molar-refractivity contribution in [3.63, 3.8) is 0 Å². The average molecular weight is 288 g/mol. The lowest BCUT2D eigenvalue weighted by Gasteiger charge is -2.12. The molecular weight excluding hydrogens is 276 g/mol. The van der Waals surface area contributed by atoms with Crippen LogP contribution in [0.5, 0.6) is 0 Å². The van der Waals surface area contributed by atoms with E-state index in [4.69, 9.17) is 0 Å². The molecule has 0 fully saturated rings. The summed E-state index contributed by atoms with van der Waals surface area (Å²) in [6.45, 7) is 0. The molecule has 102 valence electrons. The molecule has 1 aliphatic rings. The highest BCUT2D eigenvalue weighted by Crippen LogP contribution is 2.27. The zero-order valence-electron chi connectivity index (χ0n) is 10.8. The van der Waals surface area contributed by atoms with E-state index in [1.807, 2.05) is 30.3 Å². The van der Waals surface area contributed by atoms with Crippen LogP contribution in [0.1, 0.15) is 6.42 Å². The normalized spacial score (nSPS) is 13.6. The number of methoxy groups -OCH3 is 1. The van der Waals surface area contributed by atoms with E-state index in [1.165, 1.54) is 18.9 Å². The van der Waals surface area contributed by atoms with Gasteiger partial charge in [-0.1, -0.05) is 42.1 Å². The van der Waals surface area contributed by atoms with E-state index in [2.05, 4.69) is 20.0 Å².